The molecule has 3 aliphatic rings. The number of rotatable bonds is 10. The number of nitrogens with two attached hydrogens (primary N) is 1. The number of nitrogen functional groups attached to an aromatic ring is 1. The van der Waals surface area contributed by atoms with Crippen LogP contribution in [0.15, 0.2) is 33.9 Å². The fourth-order valence-electron chi connectivity index (χ4n) is 5.06. The molecule has 0 bridgehead atoms. The normalized spacial score (nSPS) is 20.7. The van der Waals surface area contributed by atoms with Gasteiger partial charge in [0.25, 0.3) is 17.7 Å². The number of aromatic nitrogens is 1. The quantitative estimate of drug-likeness (QED) is 0.0794. The Balaban J connectivity index is 1.31. The molecule has 1 saturated carbocycles. The van der Waals surface area contributed by atoms with Crippen LogP contribution in [0.1, 0.15) is 41.7 Å². The molecule has 1 aliphatic carbocycles. The molecule has 2 aromatic rings. The molecule has 1 aromatic carbocycles. The summed E-state index contributed by atoms with van der Waals surface area (Å²) in [6.45, 7) is -0.352. The van der Waals surface area contributed by atoms with Crippen molar-refractivity contribution in [3.05, 3.63) is 45.9 Å². The van der Waals surface area contributed by atoms with Crippen molar-refractivity contribution in [3.8, 4) is 11.5 Å². The largest absolute Gasteiger partial charge is 0.504 e. The van der Waals surface area contributed by atoms with E-state index in [9.17, 15) is 48.8 Å². The lowest BCUT2D eigenvalue weighted by Crippen LogP contribution is -2.71. The van der Waals surface area contributed by atoms with Gasteiger partial charge in [-0.2, -0.15) is 0 Å². The molecule has 3 amide bonds. The Morgan fingerprint density at radius 2 is 1.91 bits per heavy atom. The van der Waals surface area contributed by atoms with E-state index in [1.165, 1.54) is 5.38 Å². The molecule has 1 unspecified atom stereocenters. The van der Waals surface area contributed by atoms with E-state index in [0.717, 1.165) is 34.1 Å². The van der Waals surface area contributed by atoms with Crippen LogP contribution < -0.4 is 16.4 Å². The number of phenolic OH excluding ortho intramolecular Hbond substituents is 2. The average molecular weight is 665 g/mol. The number of halogens is 1. The van der Waals surface area contributed by atoms with E-state index >= 15 is 0 Å². The number of carboxylic acid groups (broad SMARTS) is 2. The zero-order valence-electron chi connectivity index (χ0n) is 23.0. The first-order valence-corrected chi connectivity index (χ1v) is 15.2. The number of carbonyl (C=O) groups excluding carboxylic acids is 3. The molecule has 2 aliphatic heterocycles. The molecule has 45 heavy (non-hydrogen) atoms. The number of anilines is 1. The van der Waals surface area contributed by atoms with Crippen LogP contribution in [0.4, 0.5) is 9.52 Å². The highest BCUT2D eigenvalue weighted by Crippen LogP contribution is 2.40. The Morgan fingerprint density at radius 3 is 2.51 bits per heavy atom. The number of aromatic hydroxyl groups is 2. The number of hydrogen-bond acceptors (Lipinski definition) is 13. The second kappa shape index (κ2) is 12.2. The lowest BCUT2D eigenvalue weighted by Gasteiger charge is -2.49. The van der Waals surface area contributed by atoms with Crippen molar-refractivity contribution in [2.24, 2.45) is 5.16 Å². The molecule has 238 valence electrons. The van der Waals surface area contributed by atoms with Gasteiger partial charge in [0.05, 0.1) is 0 Å². The summed E-state index contributed by atoms with van der Waals surface area (Å²) in [5.74, 6) is -8.41. The number of thiazole rings is 1. The number of benzene rings is 1. The van der Waals surface area contributed by atoms with E-state index in [4.69, 9.17) is 10.6 Å². The lowest BCUT2D eigenvalue weighted by atomic mass is 10.0. The topological polar surface area (TPSA) is 254 Å². The minimum absolute atomic E-state index is 0.0144. The van der Waals surface area contributed by atoms with Crippen LogP contribution in [0.2, 0.25) is 0 Å². The first-order valence-electron chi connectivity index (χ1n) is 13.2. The molecule has 0 radical (unpaired) electrons. The van der Waals surface area contributed by atoms with Crippen molar-refractivity contribution in [2.45, 2.75) is 42.7 Å². The monoisotopic (exact) mass is 664 g/mol. The van der Waals surface area contributed by atoms with Gasteiger partial charge in [-0.1, -0.05) is 5.16 Å². The maximum Gasteiger partial charge on any atom is 0.352 e. The van der Waals surface area contributed by atoms with Gasteiger partial charge in [0.1, 0.15) is 22.8 Å². The second-order valence-corrected chi connectivity index (χ2v) is 12.2. The summed E-state index contributed by atoms with van der Waals surface area (Å²) in [7, 11) is 0. The summed E-state index contributed by atoms with van der Waals surface area (Å²) in [6.07, 6.45) is 1.52. The van der Waals surface area contributed by atoms with Gasteiger partial charge in [-0.05, 0) is 30.5 Å². The highest BCUT2D eigenvalue weighted by Gasteiger charge is 2.54. The number of nitrogens with one attached hydrogen (secondary N) is 2. The van der Waals surface area contributed by atoms with Crippen LogP contribution in [-0.2, 0) is 24.0 Å². The number of fused-ring (bicyclic) bond motifs is 1. The molecular formula is C26H25FN6O10S2. The maximum atomic E-state index is 13.7. The molecule has 1 saturated heterocycles. The first-order chi connectivity index (χ1) is 21.3. The Kier molecular flexibility index (Phi) is 8.57. The zero-order valence-corrected chi connectivity index (χ0v) is 24.6. The Labute approximate surface area is 260 Å². The number of aliphatic carboxylic acids is 2. The number of nitrogens with zero attached hydrogens (tertiary/aromatic N) is 3. The number of β-lactam (4-membered cyclic amide) rings is 1. The SMILES string of the molecule is Nc1nc(/C(=N/OC2(C(=O)O)CCCC2)C(=O)NC2C(=O)N3C(C(=O)O)=C(CNC(=O)c4cc(O)c(O)c(F)c4)CS[C@H]23)cs1. The van der Waals surface area contributed by atoms with Crippen molar-refractivity contribution >= 4 is 63.6 Å². The minimum atomic E-state index is -1.63. The van der Waals surface area contributed by atoms with Gasteiger partial charge in [-0.25, -0.2) is 19.0 Å². The van der Waals surface area contributed by atoms with Crippen LogP contribution >= 0.6 is 23.1 Å². The van der Waals surface area contributed by atoms with Crippen LogP contribution in [0, 0.1) is 5.82 Å². The first kappa shape index (κ1) is 31.5. The number of amides is 3. The molecule has 19 heteroatoms. The van der Waals surface area contributed by atoms with E-state index in [1.807, 2.05) is 0 Å². The molecule has 0 spiro atoms. The number of hydrogen-bond donors (Lipinski definition) is 7. The highest BCUT2D eigenvalue weighted by atomic mass is 32.2. The third kappa shape index (κ3) is 5.95. The van der Waals surface area contributed by atoms with Crippen molar-refractivity contribution in [1.82, 2.24) is 20.5 Å². The molecule has 2 fully saturated rings. The van der Waals surface area contributed by atoms with Gasteiger partial charge >= 0.3 is 11.9 Å². The summed E-state index contributed by atoms with van der Waals surface area (Å²) in [6, 6.07) is 0.319. The number of oxime groups is 1. The standard InChI is InChI=1S/C26H25FN6O10S2/c27-12-5-10(6-14(34)18(12)35)19(36)29-7-11-8-44-22-16(21(38)33(22)17(11)23(39)40)31-20(37)15(13-9-45-25(28)30-13)32-43-26(24(41)42)3-1-2-4-26/h5-6,9,16,22,34-35H,1-4,7-8H2,(H2,28,30)(H,29,36)(H,31,37)(H,39,40)(H,41,42)/b32-15-/t16?,22-/m1/s1. The summed E-state index contributed by atoms with van der Waals surface area (Å²) >= 11 is 2.09. The number of carbonyl (C=O) groups is 5. The summed E-state index contributed by atoms with van der Waals surface area (Å²) in [5.41, 5.74) is 3.04. The van der Waals surface area contributed by atoms with E-state index in [2.05, 4.69) is 20.8 Å². The van der Waals surface area contributed by atoms with Crippen molar-refractivity contribution in [1.29, 1.82) is 0 Å². The third-order valence-corrected chi connectivity index (χ3v) is 9.41. The number of phenols is 2. The minimum Gasteiger partial charge on any atom is -0.504 e. The van der Waals surface area contributed by atoms with Gasteiger partial charge in [0, 0.05) is 36.1 Å². The fourth-order valence-corrected chi connectivity index (χ4v) is 6.95. The molecule has 16 nitrogen and oxygen atoms in total. The van der Waals surface area contributed by atoms with E-state index in [0.29, 0.717) is 18.9 Å². The van der Waals surface area contributed by atoms with Crippen LogP contribution in [0.25, 0.3) is 0 Å². The Morgan fingerprint density at radius 1 is 1.20 bits per heavy atom. The number of carboxylic acids is 2. The van der Waals surface area contributed by atoms with Crippen LogP contribution in [-0.4, -0.2) is 95.0 Å². The van der Waals surface area contributed by atoms with Gasteiger partial charge in [0.2, 0.25) is 5.60 Å². The predicted octanol–water partition coefficient (Wildman–Crippen LogP) is 0.562. The average Bonchev–Trinajstić information content (AvgIpc) is 3.66. The van der Waals surface area contributed by atoms with Gasteiger partial charge in [0.15, 0.2) is 28.2 Å². The van der Waals surface area contributed by atoms with Crippen molar-refractivity contribution < 1.29 is 53.6 Å². The summed E-state index contributed by atoms with van der Waals surface area (Å²) < 4.78 is 13.7. The molecular weight excluding hydrogens is 639 g/mol. The van der Waals surface area contributed by atoms with E-state index < -0.39 is 75.4 Å². The zero-order chi connectivity index (χ0) is 32.6. The second-order valence-electron chi connectivity index (χ2n) is 10.2. The summed E-state index contributed by atoms with van der Waals surface area (Å²) in [4.78, 5) is 73.5. The number of thioether (sulfide) groups is 1. The molecule has 5 rings (SSSR count). The predicted molar refractivity (Wildman–Crippen MR) is 155 cm³/mol. The van der Waals surface area contributed by atoms with Gasteiger partial charge < -0.3 is 41.6 Å². The maximum absolute atomic E-state index is 13.7. The van der Waals surface area contributed by atoms with E-state index in [-0.39, 0.29) is 47.1 Å². The third-order valence-electron chi connectivity index (χ3n) is 7.40. The van der Waals surface area contributed by atoms with E-state index in [1.54, 1.807) is 0 Å². The Bertz CT molecular complexity index is 1650. The lowest BCUT2D eigenvalue weighted by molar-refractivity contribution is -0.165. The van der Waals surface area contributed by atoms with Crippen molar-refractivity contribution in [3.63, 3.8) is 0 Å². The van der Waals surface area contributed by atoms with Crippen molar-refractivity contribution in [2.75, 3.05) is 18.0 Å². The molecule has 2 atom stereocenters. The van der Waals surface area contributed by atoms with Gasteiger partial charge in [-0.3, -0.25) is 19.3 Å². The van der Waals surface area contributed by atoms with Crippen LogP contribution in [0.3, 0.4) is 0 Å². The fraction of sp³-hybridized carbons (Fsp3) is 0.346. The highest BCUT2D eigenvalue weighted by molar-refractivity contribution is 8.00. The van der Waals surface area contributed by atoms with Crippen LogP contribution in [0.5, 0.6) is 11.5 Å². The van der Waals surface area contributed by atoms with Gasteiger partial charge in [-0.15, -0.1) is 23.1 Å². The Hall–Kier alpha value is -4.91. The molecule has 3 heterocycles. The molecule has 8 N–H and O–H groups in total. The molecule has 1 aromatic heterocycles. The smallest absolute Gasteiger partial charge is 0.352 e. The summed E-state index contributed by atoms with van der Waals surface area (Å²) in [5, 5.41) is 47.9.